The monoisotopic (exact) mass is 321 g/mol. The SMILES string of the molecule is O=C(NC1CCCOC1)c1ccc(F)c(S(=O)(=O)Cl)c1. The number of carbonyl (C=O) groups excluding carboxylic acids is 1. The minimum absolute atomic E-state index is 0.0381. The summed E-state index contributed by atoms with van der Waals surface area (Å²) in [6.07, 6.45) is 1.63. The second-order valence-electron chi connectivity index (χ2n) is 4.47. The summed E-state index contributed by atoms with van der Waals surface area (Å²) in [6, 6.07) is 2.91. The van der Waals surface area contributed by atoms with Gasteiger partial charge in [0.15, 0.2) is 0 Å². The first-order valence-corrected chi connectivity index (χ1v) is 8.31. The van der Waals surface area contributed by atoms with E-state index in [0.29, 0.717) is 13.2 Å². The molecule has 110 valence electrons. The van der Waals surface area contributed by atoms with Crippen LogP contribution in [0.2, 0.25) is 0 Å². The summed E-state index contributed by atoms with van der Waals surface area (Å²) >= 11 is 0. The number of hydrogen-bond donors (Lipinski definition) is 1. The molecule has 0 radical (unpaired) electrons. The van der Waals surface area contributed by atoms with Gasteiger partial charge >= 0.3 is 0 Å². The summed E-state index contributed by atoms with van der Waals surface area (Å²) in [4.78, 5) is 11.3. The minimum Gasteiger partial charge on any atom is -0.379 e. The van der Waals surface area contributed by atoms with Crippen LogP contribution in [0.4, 0.5) is 4.39 Å². The first kappa shape index (κ1) is 15.2. The predicted molar refractivity (Wildman–Crippen MR) is 70.7 cm³/mol. The first-order valence-electron chi connectivity index (χ1n) is 6.01. The Morgan fingerprint density at radius 2 is 2.20 bits per heavy atom. The summed E-state index contributed by atoms with van der Waals surface area (Å²) in [5, 5.41) is 2.71. The molecular weight excluding hydrogens is 309 g/mol. The van der Waals surface area contributed by atoms with E-state index in [2.05, 4.69) is 5.32 Å². The molecule has 2 rings (SSSR count). The van der Waals surface area contributed by atoms with Crippen LogP contribution in [0.25, 0.3) is 0 Å². The smallest absolute Gasteiger partial charge is 0.264 e. The molecule has 1 heterocycles. The number of hydrogen-bond acceptors (Lipinski definition) is 4. The van der Waals surface area contributed by atoms with Gasteiger partial charge < -0.3 is 10.1 Å². The molecule has 1 aromatic rings. The molecular formula is C12H13ClFNO4S. The molecule has 1 atom stereocenters. The third-order valence-electron chi connectivity index (χ3n) is 2.95. The van der Waals surface area contributed by atoms with Crippen molar-refractivity contribution in [3.8, 4) is 0 Å². The van der Waals surface area contributed by atoms with Gasteiger partial charge in [0.25, 0.3) is 15.0 Å². The lowest BCUT2D eigenvalue weighted by Gasteiger charge is -2.23. The number of rotatable bonds is 3. The number of halogens is 2. The van der Waals surface area contributed by atoms with Gasteiger partial charge in [-0.25, -0.2) is 12.8 Å². The molecule has 0 saturated carbocycles. The largest absolute Gasteiger partial charge is 0.379 e. The molecule has 1 N–H and O–H groups in total. The van der Waals surface area contributed by atoms with Crippen molar-refractivity contribution in [2.24, 2.45) is 0 Å². The van der Waals surface area contributed by atoms with Gasteiger partial charge in [-0.05, 0) is 31.0 Å². The topological polar surface area (TPSA) is 72.5 Å². The lowest BCUT2D eigenvalue weighted by atomic mass is 10.1. The Morgan fingerprint density at radius 3 is 2.80 bits per heavy atom. The van der Waals surface area contributed by atoms with Crippen LogP contribution in [0.5, 0.6) is 0 Å². The van der Waals surface area contributed by atoms with Crippen molar-refractivity contribution in [1.29, 1.82) is 0 Å². The molecule has 1 aliphatic rings. The van der Waals surface area contributed by atoms with E-state index in [1.165, 1.54) is 6.07 Å². The Morgan fingerprint density at radius 1 is 1.45 bits per heavy atom. The zero-order valence-corrected chi connectivity index (χ0v) is 12.0. The fourth-order valence-corrected chi connectivity index (χ4v) is 2.88. The lowest BCUT2D eigenvalue weighted by Crippen LogP contribution is -2.40. The first-order chi connectivity index (χ1) is 9.38. The van der Waals surface area contributed by atoms with Gasteiger partial charge in [-0.15, -0.1) is 0 Å². The zero-order valence-electron chi connectivity index (χ0n) is 10.4. The number of carbonyl (C=O) groups is 1. The van der Waals surface area contributed by atoms with E-state index < -0.39 is 25.7 Å². The Kier molecular flexibility index (Phi) is 4.62. The van der Waals surface area contributed by atoms with E-state index in [4.69, 9.17) is 15.4 Å². The van der Waals surface area contributed by atoms with E-state index in [1.54, 1.807) is 0 Å². The highest BCUT2D eigenvalue weighted by molar-refractivity contribution is 8.13. The Hall–Kier alpha value is -1.18. The van der Waals surface area contributed by atoms with Crippen molar-refractivity contribution < 1.29 is 22.3 Å². The fourth-order valence-electron chi connectivity index (χ4n) is 1.95. The third kappa shape index (κ3) is 3.68. The van der Waals surface area contributed by atoms with Crippen LogP contribution >= 0.6 is 10.7 Å². The molecule has 0 aliphatic carbocycles. The van der Waals surface area contributed by atoms with Gasteiger partial charge in [0.2, 0.25) is 0 Å². The van der Waals surface area contributed by atoms with Crippen molar-refractivity contribution in [1.82, 2.24) is 5.32 Å². The fraction of sp³-hybridized carbons (Fsp3) is 0.417. The molecule has 1 unspecified atom stereocenters. The van der Waals surface area contributed by atoms with Gasteiger partial charge in [0.1, 0.15) is 10.7 Å². The average molecular weight is 322 g/mol. The Bertz CT molecular complexity index is 614. The summed E-state index contributed by atoms with van der Waals surface area (Å²) in [5.74, 6) is -1.47. The molecule has 0 aromatic heterocycles. The molecule has 1 saturated heterocycles. The van der Waals surface area contributed by atoms with E-state index in [1.807, 2.05) is 0 Å². The summed E-state index contributed by atoms with van der Waals surface area (Å²) in [6.45, 7) is 1.07. The van der Waals surface area contributed by atoms with Crippen molar-refractivity contribution in [2.45, 2.75) is 23.8 Å². The van der Waals surface area contributed by atoms with Crippen LogP contribution in [0, 0.1) is 5.82 Å². The summed E-state index contributed by atoms with van der Waals surface area (Å²) in [5.41, 5.74) is 0.0381. The summed E-state index contributed by atoms with van der Waals surface area (Å²) < 4.78 is 41.0. The van der Waals surface area contributed by atoms with Crippen LogP contribution in [0.3, 0.4) is 0 Å². The van der Waals surface area contributed by atoms with E-state index in [0.717, 1.165) is 25.0 Å². The Balaban J connectivity index is 2.18. The predicted octanol–water partition coefficient (Wildman–Crippen LogP) is 1.66. The molecule has 1 aromatic carbocycles. The molecule has 20 heavy (non-hydrogen) atoms. The number of amides is 1. The van der Waals surface area contributed by atoms with Crippen LogP contribution in [-0.2, 0) is 13.8 Å². The van der Waals surface area contributed by atoms with E-state index in [-0.39, 0.29) is 11.6 Å². The van der Waals surface area contributed by atoms with Gasteiger partial charge in [0.05, 0.1) is 12.6 Å². The maximum Gasteiger partial charge on any atom is 0.264 e. The summed E-state index contributed by atoms with van der Waals surface area (Å²) in [7, 11) is 0.883. The van der Waals surface area contributed by atoms with Crippen LogP contribution in [0.1, 0.15) is 23.2 Å². The zero-order chi connectivity index (χ0) is 14.8. The van der Waals surface area contributed by atoms with Gasteiger partial charge in [-0.3, -0.25) is 4.79 Å². The molecule has 8 heteroatoms. The highest BCUT2D eigenvalue weighted by atomic mass is 35.7. The Labute approximate surface area is 120 Å². The molecule has 0 bridgehead atoms. The highest BCUT2D eigenvalue weighted by Crippen LogP contribution is 2.20. The van der Waals surface area contributed by atoms with Gasteiger partial charge in [-0.1, -0.05) is 0 Å². The van der Waals surface area contributed by atoms with E-state index in [9.17, 15) is 17.6 Å². The second-order valence-corrected chi connectivity index (χ2v) is 7.00. The molecule has 0 spiro atoms. The number of ether oxygens (including phenoxy) is 1. The lowest BCUT2D eigenvalue weighted by molar-refractivity contribution is 0.0624. The minimum atomic E-state index is -4.23. The van der Waals surface area contributed by atoms with Crippen LogP contribution in [0.15, 0.2) is 23.1 Å². The normalized spacial score (nSPS) is 19.6. The molecule has 1 fully saturated rings. The van der Waals surface area contributed by atoms with Crippen LogP contribution in [-0.4, -0.2) is 33.6 Å². The van der Waals surface area contributed by atoms with Crippen molar-refractivity contribution in [3.63, 3.8) is 0 Å². The maximum absolute atomic E-state index is 13.4. The molecule has 5 nitrogen and oxygen atoms in total. The van der Waals surface area contributed by atoms with Gasteiger partial charge in [-0.2, -0.15) is 0 Å². The number of benzene rings is 1. The highest BCUT2D eigenvalue weighted by Gasteiger charge is 2.21. The quantitative estimate of drug-likeness (QED) is 0.859. The second kappa shape index (κ2) is 6.07. The number of nitrogens with one attached hydrogen (secondary N) is 1. The molecule has 1 amide bonds. The average Bonchev–Trinajstić information content (AvgIpc) is 2.39. The van der Waals surface area contributed by atoms with E-state index >= 15 is 0 Å². The van der Waals surface area contributed by atoms with Crippen LogP contribution < -0.4 is 5.32 Å². The standard InChI is InChI=1S/C12H13ClFNO4S/c13-20(17,18)11-6-8(3-4-10(11)14)12(16)15-9-2-1-5-19-7-9/h3-4,6,9H,1-2,5,7H2,(H,15,16). The van der Waals surface area contributed by atoms with Crippen molar-refractivity contribution in [2.75, 3.05) is 13.2 Å². The van der Waals surface area contributed by atoms with Gasteiger partial charge in [0, 0.05) is 22.9 Å². The van der Waals surface area contributed by atoms with Crippen molar-refractivity contribution in [3.05, 3.63) is 29.6 Å². The maximum atomic E-state index is 13.4. The third-order valence-corrected chi connectivity index (χ3v) is 4.29. The molecule has 1 aliphatic heterocycles. The van der Waals surface area contributed by atoms with Crippen molar-refractivity contribution >= 4 is 25.6 Å².